The summed E-state index contributed by atoms with van der Waals surface area (Å²) in [5.41, 5.74) is 0. The number of thioether (sulfide) groups is 1. The normalized spacial score (nSPS) is 12.1. The van der Waals surface area contributed by atoms with Gasteiger partial charge in [-0.2, -0.15) is 0 Å². The van der Waals surface area contributed by atoms with Crippen molar-refractivity contribution in [1.29, 1.82) is 0 Å². The number of rotatable bonds is 8. The first kappa shape index (κ1) is 15.0. The summed E-state index contributed by atoms with van der Waals surface area (Å²) in [6.45, 7) is 1.87. The van der Waals surface area contributed by atoms with Crippen molar-refractivity contribution in [2.24, 2.45) is 5.92 Å². The van der Waals surface area contributed by atoms with Crippen molar-refractivity contribution in [1.82, 2.24) is 0 Å². The van der Waals surface area contributed by atoms with Gasteiger partial charge in [0.15, 0.2) is 5.12 Å². The van der Waals surface area contributed by atoms with E-state index in [-0.39, 0.29) is 23.7 Å². The van der Waals surface area contributed by atoms with Crippen LogP contribution in [0.15, 0.2) is 0 Å². The molecule has 0 rings (SSSR count). The highest BCUT2D eigenvalue weighted by Crippen LogP contribution is 2.17. The van der Waals surface area contributed by atoms with Crippen LogP contribution in [-0.2, 0) is 14.4 Å². The highest BCUT2D eigenvalue weighted by atomic mass is 32.2. The van der Waals surface area contributed by atoms with Crippen LogP contribution in [0.2, 0.25) is 0 Å². The van der Waals surface area contributed by atoms with E-state index in [2.05, 4.69) is 0 Å². The van der Waals surface area contributed by atoms with Crippen molar-refractivity contribution in [2.75, 3.05) is 5.75 Å². The predicted octanol–water partition coefficient (Wildman–Crippen LogP) is 1.61. The molecule has 0 saturated carbocycles. The molecule has 0 aromatic heterocycles. The Morgan fingerprint density at radius 1 is 1.19 bits per heavy atom. The first-order valence-electron chi connectivity index (χ1n) is 5.07. The quantitative estimate of drug-likeness (QED) is 0.678. The molecule has 0 amide bonds. The smallest absolute Gasteiger partial charge is 0.307 e. The Bertz CT molecular complexity index is 264. The number of carboxylic acids is 2. The van der Waals surface area contributed by atoms with Crippen LogP contribution in [0.4, 0.5) is 0 Å². The largest absolute Gasteiger partial charge is 0.481 e. The number of carbonyl (C=O) groups excluding carboxylic acids is 1. The van der Waals surface area contributed by atoms with Crippen molar-refractivity contribution in [3.63, 3.8) is 0 Å². The fourth-order valence-electron chi connectivity index (χ4n) is 1.05. The average Bonchev–Trinajstić information content (AvgIpc) is 2.17. The molecule has 1 atom stereocenters. The Morgan fingerprint density at radius 2 is 1.81 bits per heavy atom. The van der Waals surface area contributed by atoms with Crippen LogP contribution in [0.3, 0.4) is 0 Å². The molecule has 0 spiro atoms. The lowest BCUT2D eigenvalue weighted by atomic mass is 10.1. The molecular formula is C10H16O5S. The molecular weight excluding hydrogens is 232 g/mol. The van der Waals surface area contributed by atoms with E-state index in [1.165, 1.54) is 0 Å². The number of carboxylic acid groups (broad SMARTS) is 2. The van der Waals surface area contributed by atoms with Gasteiger partial charge in [-0.3, -0.25) is 14.4 Å². The van der Waals surface area contributed by atoms with Crippen molar-refractivity contribution in [2.45, 2.75) is 32.6 Å². The molecule has 0 bridgehead atoms. The summed E-state index contributed by atoms with van der Waals surface area (Å²) in [5.74, 6) is -2.67. The highest BCUT2D eigenvalue weighted by Gasteiger charge is 2.19. The SMILES string of the molecule is CCCC(=O)SCC(CCC(=O)O)C(=O)O. The molecule has 0 aromatic carbocycles. The van der Waals surface area contributed by atoms with Gasteiger partial charge in [0.1, 0.15) is 0 Å². The van der Waals surface area contributed by atoms with Gasteiger partial charge in [0.05, 0.1) is 5.92 Å². The van der Waals surface area contributed by atoms with Gasteiger partial charge in [0.2, 0.25) is 0 Å². The van der Waals surface area contributed by atoms with Crippen molar-refractivity contribution in [3.05, 3.63) is 0 Å². The monoisotopic (exact) mass is 248 g/mol. The molecule has 0 heterocycles. The Kier molecular flexibility index (Phi) is 7.62. The second-order valence-electron chi connectivity index (χ2n) is 3.40. The third kappa shape index (κ3) is 7.28. The van der Waals surface area contributed by atoms with E-state index >= 15 is 0 Å². The summed E-state index contributed by atoms with van der Waals surface area (Å²) in [4.78, 5) is 32.2. The molecule has 0 aliphatic rings. The lowest BCUT2D eigenvalue weighted by molar-refractivity contribution is -0.142. The summed E-state index contributed by atoms with van der Waals surface area (Å²) < 4.78 is 0. The van der Waals surface area contributed by atoms with Crippen LogP contribution in [-0.4, -0.2) is 33.0 Å². The van der Waals surface area contributed by atoms with Crippen LogP contribution < -0.4 is 0 Å². The summed E-state index contributed by atoms with van der Waals surface area (Å²) in [6.07, 6.45) is 1.05. The van der Waals surface area contributed by atoms with Gasteiger partial charge in [0, 0.05) is 18.6 Å². The lowest BCUT2D eigenvalue weighted by Crippen LogP contribution is -2.18. The van der Waals surface area contributed by atoms with E-state index in [1.807, 2.05) is 6.92 Å². The Morgan fingerprint density at radius 3 is 2.25 bits per heavy atom. The Balaban J connectivity index is 3.99. The standard InChI is InChI=1S/C10H16O5S/c1-2-3-9(13)16-6-7(10(14)15)4-5-8(11)12/h7H,2-6H2,1H3,(H,11,12)(H,14,15). The maximum atomic E-state index is 11.2. The van der Waals surface area contributed by atoms with Crippen molar-refractivity contribution < 1.29 is 24.6 Å². The molecule has 92 valence electrons. The first-order valence-corrected chi connectivity index (χ1v) is 6.06. The number of hydrogen-bond donors (Lipinski definition) is 2. The first-order chi connectivity index (χ1) is 7.47. The average molecular weight is 248 g/mol. The zero-order valence-electron chi connectivity index (χ0n) is 9.14. The number of carbonyl (C=O) groups is 3. The van der Waals surface area contributed by atoms with Crippen LogP contribution >= 0.6 is 11.8 Å². The Hall–Kier alpha value is -1.04. The minimum Gasteiger partial charge on any atom is -0.481 e. The van der Waals surface area contributed by atoms with Gasteiger partial charge in [-0.1, -0.05) is 18.7 Å². The van der Waals surface area contributed by atoms with Crippen LogP contribution in [0.5, 0.6) is 0 Å². The number of hydrogen-bond acceptors (Lipinski definition) is 4. The zero-order chi connectivity index (χ0) is 12.6. The predicted molar refractivity (Wildman–Crippen MR) is 60.4 cm³/mol. The van der Waals surface area contributed by atoms with Gasteiger partial charge >= 0.3 is 11.9 Å². The zero-order valence-corrected chi connectivity index (χ0v) is 9.96. The molecule has 0 aromatic rings. The summed E-state index contributed by atoms with van der Waals surface area (Å²) >= 11 is 0.976. The summed E-state index contributed by atoms with van der Waals surface area (Å²) in [6, 6.07) is 0. The van der Waals surface area contributed by atoms with E-state index < -0.39 is 17.9 Å². The van der Waals surface area contributed by atoms with Crippen molar-refractivity contribution >= 4 is 28.8 Å². The summed E-state index contributed by atoms with van der Waals surface area (Å²) in [7, 11) is 0. The van der Waals surface area contributed by atoms with E-state index in [9.17, 15) is 14.4 Å². The van der Waals surface area contributed by atoms with Gasteiger partial charge in [-0.15, -0.1) is 0 Å². The van der Waals surface area contributed by atoms with Crippen LogP contribution in [0, 0.1) is 5.92 Å². The molecule has 0 fully saturated rings. The third-order valence-electron chi connectivity index (χ3n) is 1.96. The molecule has 16 heavy (non-hydrogen) atoms. The molecule has 0 saturated heterocycles. The molecule has 0 aliphatic carbocycles. The van der Waals surface area contributed by atoms with Gasteiger partial charge in [-0.05, 0) is 12.8 Å². The van der Waals surface area contributed by atoms with Crippen LogP contribution in [0.25, 0.3) is 0 Å². The van der Waals surface area contributed by atoms with Gasteiger partial charge in [-0.25, -0.2) is 0 Å². The minimum atomic E-state index is -1.04. The van der Waals surface area contributed by atoms with Gasteiger partial charge in [0.25, 0.3) is 0 Å². The van der Waals surface area contributed by atoms with Gasteiger partial charge < -0.3 is 10.2 Å². The molecule has 0 aliphatic heterocycles. The third-order valence-corrected chi connectivity index (χ3v) is 3.05. The molecule has 5 nitrogen and oxygen atoms in total. The highest BCUT2D eigenvalue weighted by molar-refractivity contribution is 8.13. The number of aliphatic carboxylic acids is 2. The molecule has 2 N–H and O–H groups in total. The maximum absolute atomic E-state index is 11.2. The lowest BCUT2D eigenvalue weighted by Gasteiger charge is -2.09. The molecule has 1 unspecified atom stereocenters. The van der Waals surface area contributed by atoms with E-state index in [0.717, 1.165) is 18.2 Å². The van der Waals surface area contributed by atoms with E-state index in [1.54, 1.807) is 0 Å². The van der Waals surface area contributed by atoms with E-state index in [0.29, 0.717) is 6.42 Å². The molecule has 6 heteroatoms. The molecule has 0 radical (unpaired) electrons. The summed E-state index contributed by atoms with van der Waals surface area (Å²) in [5, 5.41) is 17.2. The van der Waals surface area contributed by atoms with Crippen molar-refractivity contribution in [3.8, 4) is 0 Å². The second-order valence-corrected chi connectivity index (χ2v) is 4.48. The fourth-order valence-corrected chi connectivity index (χ4v) is 2.09. The fraction of sp³-hybridized carbons (Fsp3) is 0.700. The minimum absolute atomic E-state index is 0.0379. The Labute approximate surface area is 98.2 Å². The van der Waals surface area contributed by atoms with Crippen LogP contribution in [0.1, 0.15) is 32.6 Å². The second kappa shape index (κ2) is 8.15. The maximum Gasteiger partial charge on any atom is 0.307 e. The van der Waals surface area contributed by atoms with E-state index in [4.69, 9.17) is 10.2 Å². The topological polar surface area (TPSA) is 91.7 Å².